The number of ether oxygens (including phenoxy) is 3. The van der Waals surface area contributed by atoms with Gasteiger partial charge >= 0.3 is 6.09 Å². The molecule has 1 atom stereocenters. The highest BCUT2D eigenvalue weighted by molar-refractivity contribution is 5.67. The minimum atomic E-state index is -0.510. The van der Waals surface area contributed by atoms with Crippen LogP contribution in [0.3, 0.4) is 0 Å². The monoisotopic (exact) mass is 413 g/mol. The van der Waals surface area contributed by atoms with Gasteiger partial charge in [0.1, 0.15) is 5.60 Å². The third kappa shape index (κ3) is 7.97. The summed E-state index contributed by atoms with van der Waals surface area (Å²) in [6.07, 6.45) is 2.39. The zero-order chi connectivity index (χ0) is 22.0. The van der Waals surface area contributed by atoms with E-state index in [0.29, 0.717) is 18.9 Å². The lowest BCUT2D eigenvalue weighted by atomic mass is 9.94. The van der Waals surface area contributed by atoms with Crippen molar-refractivity contribution in [2.75, 3.05) is 20.3 Å². The van der Waals surface area contributed by atoms with E-state index in [1.54, 1.807) is 7.11 Å². The quantitative estimate of drug-likeness (QED) is 0.541. The average Bonchev–Trinajstić information content (AvgIpc) is 2.70. The van der Waals surface area contributed by atoms with Crippen molar-refractivity contribution in [3.8, 4) is 11.5 Å². The van der Waals surface area contributed by atoms with Gasteiger partial charge in [0.2, 0.25) is 0 Å². The Morgan fingerprint density at radius 1 is 1.07 bits per heavy atom. The fourth-order valence-electron chi connectivity index (χ4n) is 3.24. The molecule has 1 N–H and O–H groups in total. The lowest BCUT2D eigenvalue weighted by molar-refractivity contribution is 0.0524. The molecule has 5 heteroatoms. The first-order valence-electron chi connectivity index (χ1n) is 10.6. The number of hydrogen-bond donors (Lipinski definition) is 1. The molecule has 0 fully saturated rings. The number of carbonyl (C=O) groups is 1. The summed E-state index contributed by atoms with van der Waals surface area (Å²) in [5.41, 5.74) is 1.84. The van der Waals surface area contributed by atoms with E-state index in [1.807, 2.05) is 57.2 Å². The molecule has 0 radical (unpaired) electrons. The first-order chi connectivity index (χ1) is 14.3. The van der Waals surface area contributed by atoms with Crippen molar-refractivity contribution >= 4 is 6.09 Å². The average molecular weight is 414 g/mol. The summed E-state index contributed by atoms with van der Waals surface area (Å²) in [5.74, 6) is 1.61. The molecule has 0 aliphatic heterocycles. The zero-order valence-electron chi connectivity index (χ0n) is 18.9. The Balaban J connectivity index is 2.05. The van der Waals surface area contributed by atoms with Crippen LogP contribution in [0.2, 0.25) is 0 Å². The van der Waals surface area contributed by atoms with E-state index < -0.39 is 11.7 Å². The minimum absolute atomic E-state index is 0.171. The number of hydrogen-bond acceptors (Lipinski definition) is 4. The van der Waals surface area contributed by atoms with E-state index in [0.717, 1.165) is 30.6 Å². The molecule has 2 rings (SSSR count). The summed E-state index contributed by atoms with van der Waals surface area (Å²) in [6.45, 7) is 8.80. The van der Waals surface area contributed by atoms with Crippen molar-refractivity contribution in [2.24, 2.45) is 0 Å². The van der Waals surface area contributed by atoms with E-state index in [2.05, 4.69) is 24.4 Å². The molecule has 1 unspecified atom stereocenters. The number of carbonyl (C=O) groups excluding carboxylic acids is 1. The van der Waals surface area contributed by atoms with Crippen LogP contribution in [-0.4, -0.2) is 32.0 Å². The van der Waals surface area contributed by atoms with Crippen LogP contribution in [0.5, 0.6) is 11.5 Å². The van der Waals surface area contributed by atoms with Gasteiger partial charge in [0.25, 0.3) is 0 Å². The first-order valence-corrected chi connectivity index (χ1v) is 10.6. The molecule has 0 aromatic heterocycles. The van der Waals surface area contributed by atoms with E-state index in [9.17, 15) is 4.79 Å². The van der Waals surface area contributed by atoms with Gasteiger partial charge in [0.05, 0.1) is 13.7 Å². The molecule has 0 bridgehead atoms. The maximum atomic E-state index is 12.1. The fourth-order valence-corrected chi connectivity index (χ4v) is 3.24. The number of methoxy groups -OCH3 is 1. The molecule has 5 nitrogen and oxygen atoms in total. The summed E-state index contributed by atoms with van der Waals surface area (Å²) in [5, 5.41) is 2.90. The van der Waals surface area contributed by atoms with Gasteiger partial charge in [-0.2, -0.15) is 0 Å². The van der Waals surface area contributed by atoms with E-state index in [4.69, 9.17) is 14.2 Å². The predicted molar refractivity (Wildman–Crippen MR) is 121 cm³/mol. The van der Waals surface area contributed by atoms with Gasteiger partial charge in [-0.05, 0) is 50.5 Å². The highest BCUT2D eigenvalue weighted by Crippen LogP contribution is 2.32. The molecule has 0 aliphatic rings. The number of benzene rings is 2. The number of amides is 1. The topological polar surface area (TPSA) is 56.8 Å². The second kappa shape index (κ2) is 11.5. The summed E-state index contributed by atoms with van der Waals surface area (Å²) in [7, 11) is 1.65. The van der Waals surface area contributed by atoms with Crippen LogP contribution in [-0.2, 0) is 11.2 Å². The van der Waals surface area contributed by atoms with Crippen molar-refractivity contribution in [2.45, 2.75) is 58.5 Å². The normalized spacial score (nSPS) is 12.2. The van der Waals surface area contributed by atoms with Crippen LogP contribution in [0.4, 0.5) is 4.79 Å². The SMILES string of the molecule is CCCC(CNC(=O)OC(C)(C)C)c1ccc(OC)c(OCCc2ccccc2)c1. The van der Waals surface area contributed by atoms with Gasteiger partial charge in [-0.3, -0.25) is 0 Å². The molecule has 0 spiro atoms. The molecule has 164 valence electrons. The lowest BCUT2D eigenvalue weighted by Crippen LogP contribution is -2.34. The van der Waals surface area contributed by atoms with Crippen molar-refractivity contribution in [3.05, 3.63) is 59.7 Å². The molecule has 0 saturated heterocycles. The summed E-state index contributed by atoms with van der Waals surface area (Å²) < 4.78 is 16.9. The summed E-state index contributed by atoms with van der Waals surface area (Å²) in [6, 6.07) is 16.3. The maximum Gasteiger partial charge on any atom is 0.407 e. The standard InChI is InChI=1S/C25H35NO4/c1-6-10-21(18-26-24(27)30-25(2,3)4)20-13-14-22(28-5)23(17-20)29-16-15-19-11-8-7-9-12-19/h7-9,11-14,17,21H,6,10,15-16,18H2,1-5H3,(H,26,27). The second-order valence-electron chi connectivity index (χ2n) is 8.36. The molecule has 30 heavy (non-hydrogen) atoms. The summed E-state index contributed by atoms with van der Waals surface area (Å²) in [4.78, 5) is 12.1. The van der Waals surface area contributed by atoms with Gasteiger partial charge in [-0.25, -0.2) is 4.79 Å². The second-order valence-corrected chi connectivity index (χ2v) is 8.36. The van der Waals surface area contributed by atoms with Crippen LogP contribution in [0.15, 0.2) is 48.5 Å². The fraction of sp³-hybridized carbons (Fsp3) is 0.480. The molecule has 0 aliphatic carbocycles. The molecule has 0 heterocycles. The summed E-state index contributed by atoms with van der Waals surface area (Å²) >= 11 is 0. The van der Waals surface area contributed by atoms with Gasteiger partial charge in [0, 0.05) is 18.9 Å². The van der Waals surface area contributed by atoms with Crippen molar-refractivity contribution in [1.29, 1.82) is 0 Å². The van der Waals surface area contributed by atoms with Gasteiger partial charge in [-0.15, -0.1) is 0 Å². The predicted octanol–water partition coefficient (Wildman–Crippen LogP) is 5.73. The highest BCUT2D eigenvalue weighted by atomic mass is 16.6. The third-order valence-corrected chi connectivity index (χ3v) is 4.68. The number of alkyl carbamates (subject to hydrolysis) is 1. The van der Waals surface area contributed by atoms with Crippen LogP contribution in [0.1, 0.15) is 57.6 Å². The smallest absolute Gasteiger partial charge is 0.407 e. The zero-order valence-corrected chi connectivity index (χ0v) is 18.9. The van der Waals surface area contributed by atoms with E-state index in [1.165, 1.54) is 5.56 Å². The molecule has 1 amide bonds. The van der Waals surface area contributed by atoms with Crippen LogP contribution >= 0.6 is 0 Å². The van der Waals surface area contributed by atoms with Gasteiger partial charge < -0.3 is 19.5 Å². The van der Waals surface area contributed by atoms with Crippen molar-refractivity contribution in [1.82, 2.24) is 5.32 Å². The number of rotatable bonds is 10. The van der Waals surface area contributed by atoms with E-state index >= 15 is 0 Å². The van der Waals surface area contributed by atoms with Gasteiger partial charge in [0.15, 0.2) is 11.5 Å². The Kier molecular flexibility index (Phi) is 9.03. The Bertz CT molecular complexity index is 783. The Morgan fingerprint density at radius 3 is 2.43 bits per heavy atom. The molecule has 2 aromatic carbocycles. The third-order valence-electron chi connectivity index (χ3n) is 4.68. The van der Waals surface area contributed by atoms with Crippen LogP contribution < -0.4 is 14.8 Å². The maximum absolute atomic E-state index is 12.1. The van der Waals surface area contributed by atoms with Crippen LogP contribution in [0, 0.1) is 0 Å². The van der Waals surface area contributed by atoms with Crippen molar-refractivity contribution in [3.63, 3.8) is 0 Å². The first kappa shape index (κ1) is 23.6. The van der Waals surface area contributed by atoms with Crippen LogP contribution in [0.25, 0.3) is 0 Å². The Morgan fingerprint density at radius 2 is 1.80 bits per heavy atom. The lowest BCUT2D eigenvalue weighted by Gasteiger charge is -2.22. The minimum Gasteiger partial charge on any atom is -0.493 e. The highest BCUT2D eigenvalue weighted by Gasteiger charge is 2.19. The molecular weight excluding hydrogens is 378 g/mol. The van der Waals surface area contributed by atoms with Gasteiger partial charge in [-0.1, -0.05) is 49.7 Å². The Hall–Kier alpha value is -2.69. The number of nitrogens with one attached hydrogen (secondary N) is 1. The largest absolute Gasteiger partial charge is 0.493 e. The molecule has 0 saturated carbocycles. The Labute approximate surface area is 180 Å². The molecule has 2 aromatic rings. The molecular formula is C25H35NO4. The van der Waals surface area contributed by atoms with Crippen molar-refractivity contribution < 1.29 is 19.0 Å². The van der Waals surface area contributed by atoms with E-state index in [-0.39, 0.29) is 5.92 Å².